The first kappa shape index (κ1) is 11.4. The van der Waals surface area contributed by atoms with Gasteiger partial charge in [0.15, 0.2) is 0 Å². The Bertz CT molecular complexity index is 353. The highest BCUT2D eigenvalue weighted by molar-refractivity contribution is 7.09. The Morgan fingerprint density at radius 3 is 2.75 bits per heavy atom. The van der Waals surface area contributed by atoms with Crippen molar-refractivity contribution in [3.63, 3.8) is 0 Å². The third-order valence-electron chi connectivity index (χ3n) is 2.82. The Balaban J connectivity index is 1.81. The van der Waals surface area contributed by atoms with Gasteiger partial charge in [0.05, 0.1) is 0 Å². The van der Waals surface area contributed by atoms with Gasteiger partial charge in [-0.25, -0.2) is 0 Å². The van der Waals surface area contributed by atoms with Crippen LogP contribution >= 0.6 is 11.3 Å². The second kappa shape index (κ2) is 5.27. The van der Waals surface area contributed by atoms with Crippen LogP contribution in [0.15, 0.2) is 30.2 Å². The van der Waals surface area contributed by atoms with E-state index in [9.17, 15) is 4.79 Å². The minimum absolute atomic E-state index is 0.0516. The van der Waals surface area contributed by atoms with Gasteiger partial charge in [-0.15, -0.1) is 11.3 Å². The lowest BCUT2D eigenvalue weighted by molar-refractivity contribution is -0.127. The number of nitrogens with zero attached hydrogens (tertiary/aromatic N) is 2. The van der Waals surface area contributed by atoms with E-state index in [-0.39, 0.29) is 5.91 Å². The molecule has 1 fully saturated rings. The molecule has 4 heteroatoms. The zero-order valence-electron chi connectivity index (χ0n) is 9.26. The van der Waals surface area contributed by atoms with Crippen LogP contribution in [0.4, 0.5) is 0 Å². The van der Waals surface area contributed by atoms with Crippen LogP contribution in [0.3, 0.4) is 0 Å². The predicted octanol–water partition coefficient (Wildman–Crippen LogP) is 1.58. The summed E-state index contributed by atoms with van der Waals surface area (Å²) in [6.45, 7) is 8.06. The summed E-state index contributed by atoms with van der Waals surface area (Å²) in [5, 5.41) is 2.10. The molecule has 0 aliphatic carbocycles. The van der Waals surface area contributed by atoms with E-state index in [1.165, 1.54) is 11.0 Å². The second-order valence-corrected chi connectivity index (χ2v) is 4.92. The number of piperazine rings is 1. The minimum atomic E-state index is 0.0516. The van der Waals surface area contributed by atoms with Crippen molar-refractivity contribution in [3.05, 3.63) is 35.0 Å². The van der Waals surface area contributed by atoms with Gasteiger partial charge in [-0.3, -0.25) is 9.69 Å². The molecule has 1 aromatic rings. The molecule has 1 aliphatic heterocycles. The van der Waals surface area contributed by atoms with E-state index in [0.717, 1.165) is 32.7 Å². The van der Waals surface area contributed by atoms with Gasteiger partial charge < -0.3 is 4.90 Å². The lowest BCUT2D eigenvalue weighted by atomic mass is 10.3. The molecule has 86 valence electrons. The smallest absolute Gasteiger partial charge is 0.246 e. The SMILES string of the molecule is C=CC(=O)N1CCN(Cc2cccs2)CC1. The first-order valence-electron chi connectivity index (χ1n) is 5.45. The van der Waals surface area contributed by atoms with Gasteiger partial charge in [-0.2, -0.15) is 0 Å². The van der Waals surface area contributed by atoms with Crippen molar-refractivity contribution < 1.29 is 4.79 Å². The number of carbonyl (C=O) groups is 1. The van der Waals surface area contributed by atoms with E-state index in [4.69, 9.17) is 0 Å². The van der Waals surface area contributed by atoms with E-state index >= 15 is 0 Å². The second-order valence-electron chi connectivity index (χ2n) is 3.88. The van der Waals surface area contributed by atoms with Crippen LogP contribution in [0.1, 0.15) is 4.88 Å². The zero-order valence-corrected chi connectivity index (χ0v) is 10.1. The van der Waals surface area contributed by atoms with Gasteiger partial charge >= 0.3 is 0 Å². The van der Waals surface area contributed by atoms with Crippen LogP contribution in [0, 0.1) is 0 Å². The van der Waals surface area contributed by atoms with E-state index in [2.05, 4.69) is 29.0 Å². The van der Waals surface area contributed by atoms with Crippen LogP contribution in [0.25, 0.3) is 0 Å². The topological polar surface area (TPSA) is 23.6 Å². The van der Waals surface area contributed by atoms with Gasteiger partial charge in [0.1, 0.15) is 0 Å². The summed E-state index contributed by atoms with van der Waals surface area (Å²) >= 11 is 1.79. The van der Waals surface area contributed by atoms with E-state index < -0.39 is 0 Å². The average Bonchev–Trinajstić information content (AvgIpc) is 2.82. The Morgan fingerprint density at radius 1 is 1.44 bits per heavy atom. The number of hydrogen-bond acceptors (Lipinski definition) is 3. The molecule has 2 heterocycles. The fourth-order valence-corrected chi connectivity index (χ4v) is 2.62. The van der Waals surface area contributed by atoms with Crippen molar-refractivity contribution in [2.75, 3.05) is 26.2 Å². The summed E-state index contributed by atoms with van der Waals surface area (Å²) in [7, 11) is 0. The van der Waals surface area contributed by atoms with Crippen LogP contribution < -0.4 is 0 Å². The summed E-state index contributed by atoms with van der Waals surface area (Å²) in [5.41, 5.74) is 0. The summed E-state index contributed by atoms with van der Waals surface area (Å²) in [5.74, 6) is 0.0516. The molecular weight excluding hydrogens is 220 g/mol. The maximum atomic E-state index is 11.4. The van der Waals surface area contributed by atoms with E-state index in [1.54, 1.807) is 11.3 Å². The Morgan fingerprint density at radius 2 is 2.19 bits per heavy atom. The van der Waals surface area contributed by atoms with Gasteiger partial charge in [0, 0.05) is 37.6 Å². The fraction of sp³-hybridized carbons (Fsp3) is 0.417. The van der Waals surface area contributed by atoms with Crippen molar-refractivity contribution in [2.24, 2.45) is 0 Å². The minimum Gasteiger partial charge on any atom is -0.337 e. The van der Waals surface area contributed by atoms with Crippen molar-refractivity contribution in [1.82, 2.24) is 9.80 Å². The average molecular weight is 236 g/mol. The fourth-order valence-electron chi connectivity index (χ4n) is 1.88. The molecule has 0 spiro atoms. The Hall–Kier alpha value is -1.13. The molecule has 0 aromatic carbocycles. The molecule has 0 bridgehead atoms. The Labute approximate surface area is 100.0 Å². The highest BCUT2D eigenvalue weighted by atomic mass is 32.1. The molecule has 16 heavy (non-hydrogen) atoms. The molecule has 0 radical (unpaired) electrons. The van der Waals surface area contributed by atoms with Gasteiger partial charge in [0.25, 0.3) is 0 Å². The van der Waals surface area contributed by atoms with Gasteiger partial charge in [-0.05, 0) is 17.5 Å². The first-order chi connectivity index (χ1) is 7.79. The lowest BCUT2D eigenvalue weighted by Crippen LogP contribution is -2.47. The number of rotatable bonds is 3. The predicted molar refractivity (Wildman–Crippen MR) is 66.4 cm³/mol. The maximum Gasteiger partial charge on any atom is 0.246 e. The normalized spacial score (nSPS) is 17.4. The van der Waals surface area contributed by atoms with Crippen LogP contribution in [0.2, 0.25) is 0 Å². The Kier molecular flexibility index (Phi) is 3.74. The molecule has 0 saturated carbocycles. The molecule has 1 saturated heterocycles. The van der Waals surface area contributed by atoms with Gasteiger partial charge in [-0.1, -0.05) is 12.6 Å². The highest BCUT2D eigenvalue weighted by Gasteiger charge is 2.19. The van der Waals surface area contributed by atoms with Crippen LogP contribution in [0.5, 0.6) is 0 Å². The van der Waals surface area contributed by atoms with Gasteiger partial charge in [0.2, 0.25) is 5.91 Å². The van der Waals surface area contributed by atoms with Crippen LogP contribution in [-0.4, -0.2) is 41.9 Å². The number of hydrogen-bond donors (Lipinski definition) is 0. The molecule has 0 atom stereocenters. The first-order valence-corrected chi connectivity index (χ1v) is 6.33. The third-order valence-corrected chi connectivity index (χ3v) is 3.68. The number of thiophene rings is 1. The number of amides is 1. The molecule has 2 rings (SSSR count). The molecular formula is C12H16N2OS. The molecule has 1 aromatic heterocycles. The lowest BCUT2D eigenvalue weighted by Gasteiger charge is -2.33. The zero-order chi connectivity index (χ0) is 11.4. The van der Waals surface area contributed by atoms with E-state index in [0.29, 0.717) is 0 Å². The van der Waals surface area contributed by atoms with Crippen LogP contribution in [-0.2, 0) is 11.3 Å². The third kappa shape index (κ3) is 2.71. The largest absolute Gasteiger partial charge is 0.337 e. The number of carbonyl (C=O) groups excluding carboxylic acids is 1. The molecule has 0 N–H and O–H groups in total. The molecule has 1 amide bonds. The summed E-state index contributed by atoms with van der Waals surface area (Å²) < 4.78 is 0. The summed E-state index contributed by atoms with van der Waals surface area (Å²) in [6.07, 6.45) is 1.40. The van der Waals surface area contributed by atoms with Crippen molar-refractivity contribution >= 4 is 17.2 Å². The standard InChI is InChI=1S/C12H16N2OS/c1-2-12(15)14-7-5-13(6-8-14)10-11-4-3-9-16-11/h2-4,9H,1,5-8,10H2. The molecule has 3 nitrogen and oxygen atoms in total. The maximum absolute atomic E-state index is 11.4. The van der Waals surface area contributed by atoms with Crippen molar-refractivity contribution in [1.29, 1.82) is 0 Å². The van der Waals surface area contributed by atoms with Crippen molar-refractivity contribution in [2.45, 2.75) is 6.54 Å². The van der Waals surface area contributed by atoms with E-state index in [1.807, 2.05) is 4.90 Å². The highest BCUT2D eigenvalue weighted by Crippen LogP contribution is 2.13. The monoisotopic (exact) mass is 236 g/mol. The summed E-state index contributed by atoms with van der Waals surface area (Å²) in [6, 6.07) is 4.24. The molecule has 0 unspecified atom stereocenters. The quantitative estimate of drug-likeness (QED) is 0.744. The molecule has 1 aliphatic rings. The summed E-state index contributed by atoms with van der Waals surface area (Å²) in [4.78, 5) is 17.0. The van der Waals surface area contributed by atoms with Crippen molar-refractivity contribution in [3.8, 4) is 0 Å².